The van der Waals surface area contributed by atoms with Gasteiger partial charge in [0.05, 0.1) is 22.1 Å². The van der Waals surface area contributed by atoms with Crippen molar-refractivity contribution in [1.82, 2.24) is 14.5 Å². The number of anilines is 6. The number of hydrogen-bond acceptors (Lipinski definition) is 2. The summed E-state index contributed by atoms with van der Waals surface area (Å²) in [6, 6.07) is 92.5. The van der Waals surface area contributed by atoms with Crippen molar-refractivity contribution in [2.24, 2.45) is 0 Å². The van der Waals surface area contributed by atoms with E-state index in [4.69, 9.17) is 0 Å². The highest BCUT2D eigenvalue weighted by Crippen LogP contribution is 2.44. The van der Waals surface area contributed by atoms with E-state index in [1.807, 2.05) is 0 Å². The predicted molar refractivity (Wildman–Crippen MR) is 304 cm³/mol. The minimum Gasteiger partial charge on any atom is -0.354 e. The number of aryl methyl sites for hydroxylation is 1. The van der Waals surface area contributed by atoms with Gasteiger partial charge in [0.2, 0.25) is 0 Å². The van der Waals surface area contributed by atoms with Crippen molar-refractivity contribution >= 4 is 99.5 Å². The molecule has 0 amide bonds. The van der Waals surface area contributed by atoms with Gasteiger partial charge in [-0.3, -0.25) is 0 Å². The van der Waals surface area contributed by atoms with Crippen LogP contribution in [-0.4, -0.2) is 14.5 Å². The summed E-state index contributed by atoms with van der Waals surface area (Å²) in [6.45, 7) is 2.15. The van der Waals surface area contributed by atoms with Crippen LogP contribution in [0.4, 0.5) is 34.1 Å². The van der Waals surface area contributed by atoms with E-state index in [1.54, 1.807) is 0 Å². The van der Waals surface area contributed by atoms with Gasteiger partial charge in [-0.25, -0.2) is 0 Å². The lowest BCUT2D eigenvalue weighted by Gasteiger charge is -2.26. The molecule has 3 heterocycles. The first kappa shape index (κ1) is 41.4. The summed E-state index contributed by atoms with van der Waals surface area (Å²) in [4.78, 5) is 12.2. The summed E-state index contributed by atoms with van der Waals surface area (Å²) in [5, 5.41) is 7.29. The molecule has 14 aromatic rings. The van der Waals surface area contributed by atoms with Crippen LogP contribution >= 0.6 is 0 Å². The van der Waals surface area contributed by atoms with Crippen LogP contribution in [0.25, 0.3) is 93.4 Å². The number of hydrogen-bond donors (Lipinski definition) is 2. The molecule has 3 aromatic heterocycles. The number of nitrogens with zero attached hydrogens (tertiary/aromatic N) is 3. The van der Waals surface area contributed by atoms with Gasteiger partial charge in [0.15, 0.2) is 0 Å². The quantitative estimate of drug-likeness (QED) is 0.151. The molecule has 0 aliphatic rings. The van der Waals surface area contributed by atoms with Gasteiger partial charge in [0.25, 0.3) is 0 Å². The van der Waals surface area contributed by atoms with Crippen LogP contribution in [0.3, 0.4) is 0 Å². The summed E-state index contributed by atoms with van der Waals surface area (Å²) in [7, 11) is 0. The highest BCUT2D eigenvalue weighted by Gasteiger charge is 2.21. The van der Waals surface area contributed by atoms with Gasteiger partial charge in [0.1, 0.15) is 0 Å². The molecule has 5 heteroatoms. The molecule has 0 aliphatic heterocycles. The largest absolute Gasteiger partial charge is 0.354 e. The fourth-order valence-corrected chi connectivity index (χ4v) is 11.1. The van der Waals surface area contributed by atoms with Gasteiger partial charge < -0.3 is 24.3 Å². The molecule has 0 saturated carbocycles. The van der Waals surface area contributed by atoms with E-state index < -0.39 is 0 Å². The van der Waals surface area contributed by atoms with Crippen molar-refractivity contribution in [3.63, 3.8) is 0 Å². The lowest BCUT2D eigenvalue weighted by molar-refractivity contribution is 1.17. The molecular formula is C67H47N5. The van der Waals surface area contributed by atoms with Gasteiger partial charge in [-0.15, -0.1) is 0 Å². The average molecular weight is 922 g/mol. The van der Waals surface area contributed by atoms with E-state index in [9.17, 15) is 0 Å². The standard InChI is InChI=1S/C67H47N5/c1-44-26-32-51(33-27-44)72-64-40-38-52(70(47-14-4-2-5-15-47)49-34-28-45(29-35-49)54-20-12-22-58-56-18-8-10-24-62(56)68-66(54)58)42-60(64)61-43-53(39-41-65(61)72)71(48-16-6-3-7-17-48)50-36-30-46(31-37-50)55-21-13-23-59-57-19-9-11-25-63(57)69-67(55)59/h2-43,68-69H,1H3. The van der Waals surface area contributed by atoms with E-state index in [0.717, 1.165) is 84.0 Å². The molecule has 0 saturated heterocycles. The van der Waals surface area contributed by atoms with Crippen molar-refractivity contribution in [2.75, 3.05) is 9.80 Å². The van der Waals surface area contributed by atoms with Crippen LogP contribution in [0.15, 0.2) is 255 Å². The van der Waals surface area contributed by atoms with Crippen LogP contribution in [0, 0.1) is 6.92 Å². The summed E-state index contributed by atoms with van der Waals surface area (Å²) in [6.07, 6.45) is 0. The van der Waals surface area contributed by atoms with Gasteiger partial charge in [-0.2, -0.15) is 0 Å². The lowest BCUT2D eigenvalue weighted by Crippen LogP contribution is -2.10. The third-order valence-electron chi connectivity index (χ3n) is 14.5. The SMILES string of the molecule is Cc1ccc(-n2c3ccc(N(c4ccccc4)c4ccc(-c5cccc6c5[nH]c5ccccc56)cc4)cc3c3cc(N(c4ccccc4)c4ccc(-c5cccc6c5[nH]c5ccccc56)cc4)ccc32)cc1. The molecule has 14 rings (SSSR count). The van der Waals surface area contributed by atoms with E-state index in [2.05, 4.69) is 286 Å². The minimum atomic E-state index is 1.08. The molecule has 340 valence electrons. The first-order chi connectivity index (χ1) is 35.6. The number of aromatic amines is 2. The maximum atomic E-state index is 3.71. The molecule has 0 aliphatic carbocycles. The predicted octanol–water partition coefficient (Wildman–Crippen LogP) is 18.6. The fourth-order valence-electron chi connectivity index (χ4n) is 11.1. The molecule has 0 spiro atoms. The Kier molecular flexibility index (Phi) is 9.68. The molecular weight excluding hydrogens is 875 g/mol. The highest BCUT2D eigenvalue weighted by atomic mass is 15.1. The number of fused-ring (bicyclic) bond motifs is 9. The van der Waals surface area contributed by atoms with Crippen molar-refractivity contribution in [3.05, 3.63) is 260 Å². The number of aromatic nitrogens is 3. The second-order valence-electron chi connectivity index (χ2n) is 18.8. The number of benzene rings is 11. The first-order valence-corrected chi connectivity index (χ1v) is 24.7. The van der Waals surface area contributed by atoms with Crippen LogP contribution in [0.5, 0.6) is 0 Å². The second kappa shape index (κ2) is 16.8. The van der Waals surface area contributed by atoms with Crippen LogP contribution in [0.1, 0.15) is 5.56 Å². The topological polar surface area (TPSA) is 43.0 Å². The maximum Gasteiger partial charge on any atom is 0.0544 e. The Morgan fingerprint density at radius 3 is 1.15 bits per heavy atom. The summed E-state index contributed by atoms with van der Waals surface area (Å²) in [5.41, 5.74) is 20.4. The zero-order valence-electron chi connectivity index (χ0n) is 39.6. The Morgan fingerprint density at radius 2 is 0.694 bits per heavy atom. The monoisotopic (exact) mass is 921 g/mol. The number of para-hydroxylation sites is 6. The number of H-pyrrole nitrogens is 2. The Labute approximate surface area is 417 Å². The number of rotatable bonds is 9. The molecule has 0 bridgehead atoms. The van der Waals surface area contributed by atoms with Crippen molar-refractivity contribution in [1.29, 1.82) is 0 Å². The molecule has 0 atom stereocenters. The van der Waals surface area contributed by atoms with Gasteiger partial charge in [0, 0.05) is 94.3 Å². The maximum absolute atomic E-state index is 3.71. The Balaban J connectivity index is 0.909. The smallest absolute Gasteiger partial charge is 0.0544 e. The lowest BCUT2D eigenvalue weighted by atomic mass is 10.0. The first-order valence-electron chi connectivity index (χ1n) is 24.7. The second-order valence-corrected chi connectivity index (χ2v) is 18.8. The normalized spacial score (nSPS) is 11.7. The molecule has 0 unspecified atom stereocenters. The van der Waals surface area contributed by atoms with Crippen LogP contribution in [-0.2, 0) is 0 Å². The summed E-state index contributed by atoms with van der Waals surface area (Å²) >= 11 is 0. The Morgan fingerprint density at radius 1 is 0.306 bits per heavy atom. The Bertz CT molecular complexity index is 4060. The highest BCUT2D eigenvalue weighted by molar-refractivity contribution is 6.14. The molecule has 0 fully saturated rings. The van der Waals surface area contributed by atoms with E-state index in [0.29, 0.717) is 0 Å². The van der Waals surface area contributed by atoms with Gasteiger partial charge in [-0.1, -0.05) is 151 Å². The van der Waals surface area contributed by atoms with Crippen LogP contribution in [0.2, 0.25) is 0 Å². The summed E-state index contributed by atoms with van der Waals surface area (Å²) < 4.78 is 2.41. The Hall–Kier alpha value is -9.58. The van der Waals surface area contributed by atoms with Crippen LogP contribution < -0.4 is 9.80 Å². The molecule has 72 heavy (non-hydrogen) atoms. The average Bonchev–Trinajstić information content (AvgIpc) is 4.12. The zero-order chi connectivity index (χ0) is 47.7. The van der Waals surface area contributed by atoms with E-state index >= 15 is 0 Å². The van der Waals surface area contributed by atoms with E-state index in [1.165, 1.54) is 49.0 Å². The molecule has 11 aromatic carbocycles. The molecule has 5 nitrogen and oxygen atoms in total. The third kappa shape index (κ3) is 6.85. The van der Waals surface area contributed by atoms with Gasteiger partial charge in [-0.05, 0) is 127 Å². The number of nitrogens with one attached hydrogen (secondary N) is 2. The molecule has 2 N–H and O–H groups in total. The summed E-state index contributed by atoms with van der Waals surface area (Å²) in [5.74, 6) is 0. The van der Waals surface area contributed by atoms with Crippen molar-refractivity contribution in [3.8, 4) is 27.9 Å². The molecule has 0 radical (unpaired) electrons. The van der Waals surface area contributed by atoms with E-state index in [-0.39, 0.29) is 0 Å². The van der Waals surface area contributed by atoms with Gasteiger partial charge >= 0.3 is 0 Å². The minimum absolute atomic E-state index is 1.08. The van der Waals surface area contributed by atoms with Crippen molar-refractivity contribution < 1.29 is 0 Å². The third-order valence-corrected chi connectivity index (χ3v) is 14.5. The zero-order valence-corrected chi connectivity index (χ0v) is 39.6. The fraction of sp³-hybridized carbons (Fsp3) is 0.0149. The van der Waals surface area contributed by atoms with Crippen molar-refractivity contribution in [2.45, 2.75) is 6.92 Å².